The molecule has 0 bridgehead atoms. The van der Waals surface area contributed by atoms with E-state index in [1.807, 2.05) is 13.8 Å². The highest BCUT2D eigenvalue weighted by Crippen LogP contribution is 2.28. The van der Waals surface area contributed by atoms with Crippen molar-refractivity contribution in [3.63, 3.8) is 0 Å². The zero-order valence-corrected chi connectivity index (χ0v) is 24.7. The molecule has 0 spiro atoms. The van der Waals surface area contributed by atoms with Crippen molar-refractivity contribution in [2.45, 2.75) is 57.6 Å². The van der Waals surface area contributed by atoms with Crippen LogP contribution in [-0.4, -0.2) is 43.8 Å². The van der Waals surface area contributed by atoms with E-state index >= 15 is 0 Å². The van der Waals surface area contributed by atoms with Crippen LogP contribution in [0.1, 0.15) is 38.3 Å². The third-order valence-corrected chi connectivity index (χ3v) is 8.89. The number of carbonyl (C=O) groups excluding carboxylic acids is 2. The van der Waals surface area contributed by atoms with Crippen molar-refractivity contribution in [1.29, 1.82) is 0 Å². The molecule has 0 aliphatic carbocycles. The molecule has 0 saturated carbocycles. The first kappa shape index (κ1) is 30.5. The molecule has 10 heteroatoms. The van der Waals surface area contributed by atoms with Crippen LogP contribution in [0.3, 0.4) is 0 Å². The Hall–Kier alpha value is -3.07. The van der Waals surface area contributed by atoms with Crippen LogP contribution in [-0.2, 0) is 26.2 Å². The maximum absolute atomic E-state index is 13.9. The summed E-state index contributed by atoms with van der Waals surface area (Å²) in [5.74, 6) is -0.895. The normalized spacial score (nSPS) is 12.9. The highest BCUT2D eigenvalue weighted by atomic mass is 35.5. The highest BCUT2D eigenvalue weighted by Gasteiger charge is 2.33. The zero-order valence-electron chi connectivity index (χ0n) is 22.4. The lowest BCUT2D eigenvalue weighted by molar-refractivity contribution is -0.139. The van der Waals surface area contributed by atoms with E-state index < -0.39 is 28.5 Å². The van der Waals surface area contributed by atoms with Gasteiger partial charge in [-0.1, -0.05) is 66.5 Å². The van der Waals surface area contributed by atoms with E-state index in [2.05, 4.69) is 5.32 Å². The number of aryl methyl sites for hydroxylation is 1. The second-order valence-electron chi connectivity index (χ2n) is 9.40. The van der Waals surface area contributed by atoms with Gasteiger partial charge in [0, 0.05) is 22.6 Å². The number of amides is 2. The molecule has 0 heterocycles. The third-order valence-electron chi connectivity index (χ3n) is 6.46. The first-order chi connectivity index (χ1) is 18.4. The molecule has 0 aliphatic rings. The van der Waals surface area contributed by atoms with Gasteiger partial charge in [0.15, 0.2) is 0 Å². The number of halogens is 2. The van der Waals surface area contributed by atoms with Crippen molar-refractivity contribution in [2.24, 2.45) is 0 Å². The number of sulfonamides is 1. The van der Waals surface area contributed by atoms with Crippen LogP contribution >= 0.6 is 23.2 Å². The number of anilines is 1. The second kappa shape index (κ2) is 13.3. The fourth-order valence-electron chi connectivity index (χ4n) is 3.87. The number of hydrogen-bond donors (Lipinski definition) is 1. The topological polar surface area (TPSA) is 86.8 Å². The molecule has 2 amide bonds. The SMILES string of the molecule is CC[C@H](C)NC(=O)[C@H](C)N(Cc1cccc(Cl)c1)C(=O)CN(c1ccc(C)c(Cl)c1)S(=O)(=O)c1ccccc1. The molecule has 3 aromatic rings. The summed E-state index contributed by atoms with van der Waals surface area (Å²) in [4.78, 5) is 28.4. The average Bonchev–Trinajstić information content (AvgIpc) is 2.91. The Morgan fingerprint density at radius 3 is 2.26 bits per heavy atom. The Bertz CT molecular complexity index is 1420. The monoisotopic (exact) mass is 589 g/mol. The molecule has 0 radical (unpaired) electrons. The summed E-state index contributed by atoms with van der Waals surface area (Å²) in [5.41, 5.74) is 1.71. The van der Waals surface area contributed by atoms with Crippen molar-refractivity contribution in [1.82, 2.24) is 10.2 Å². The van der Waals surface area contributed by atoms with Crippen LogP contribution in [0.5, 0.6) is 0 Å². The van der Waals surface area contributed by atoms with Gasteiger partial charge in [0.1, 0.15) is 12.6 Å². The van der Waals surface area contributed by atoms with Crippen molar-refractivity contribution in [3.05, 3.63) is 94.0 Å². The van der Waals surface area contributed by atoms with Gasteiger partial charge in [-0.15, -0.1) is 0 Å². The fourth-order valence-corrected chi connectivity index (χ4v) is 5.68. The smallest absolute Gasteiger partial charge is 0.264 e. The minimum absolute atomic E-state index is 0.0263. The van der Waals surface area contributed by atoms with Gasteiger partial charge >= 0.3 is 0 Å². The van der Waals surface area contributed by atoms with Crippen LogP contribution in [0.4, 0.5) is 5.69 Å². The summed E-state index contributed by atoms with van der Waals surface area (Å²) in [6.07, 6.45) is 0.720. The lowest BCUT2D eigenvalue weighted by Gasteiger charge is -2.32. The summed E-state index contributed by atoms with van der Waals surface area (Å²) in [6.45, 7) is 6.77. The van der Waals surface area contributed by atoms with Crippen molar-refractivity contribution in [2.75, 3.05) is 10.8 Å². The fraction of sp³-hybridized carbons (Fsp3) is 0.310. The molecule has 3 rings (SSSR count). The van der Waals surface area contributed by atoms with Crippen LogP contribution in [0, 0.1) is 6.92 Å². The van der Waals surface area contributed by atoms with Crippen LogP contribution in [0.2, 0.25) is 10.0 Å². The molecule has 0 aromatic heterocycles. The van der Waals surface area contributed by atoms with Gasteiger partial charge in [-0.05, 0) is 74.7 Å². The number of rotatable bonds is 11. The van der Waals surface area contributed by atoms with E-state index in [-0.39, 0.29) is 29.1 Å². The summed E-state index contributed by atoms with van der Waals surface area (Å²) < 4.78 is 28.6. The standard InChI is InChI=1S/C29H33Cl2N3O4S/c1-5-21(3)32-29(36)22(4)33(18-23-10-9-11-24(30)16-23)28(35)19-34(25-15-14-20(2)27(31)17-25)39(37,38)26-12-7-6-8-13-26/h6-17,21-22H,5,18-19H2,1-4H3,(H,32,36)/t21-,22-/m0/s1. The molecule has 7 nitrogen and oxygen atoms in total. The van der Waals surface area contributed by atoms with E-state index in [1.165, 1.54) is 23.1 Å². The van der Waals surface area contributed by atoms with E-state index in [4.69, 9.17) is 23.2 Å². The van der Waals surface area contributed by atoms with Gasteiger partial charge in [-0.25, -0.2) is 8.42 Å². The first-order valence-electron chi connectivity index (χ1n) is 12.6. The van der Waals surface area contributed by atoms with Gasteiger partial charge in [0.2, 0.25) is 11.8 Å². The van der Waals surface area contributed by atoms with Crippen molar-refractivity contribution >= 4 is 50.7 Å². The van der Waals surface area contributed by atoms with Gasteiger partial charge in [-0.2, -0.15) is 0 Å². The maximum Gasteiger partial charge on any atom is 0.264 e. The molecule has 3 aromatic carbocycles. The van der Waals surface area contributed by atoms with Gasteiger partial charge in [0.05, 0.1) is 10.6 Å². The molecule has 1 N–H and O–H groups in total. The summed E-state index contributed by atoms with van der Waals surface area (Å²) >= 11 is 12.5. The minimum Gasteiger partial charge on any atom is -0.352 e. The number of carbonyl (C=O) groups is 2. The molecule has 208 valence electrons. The number of benzene rings is 3. The minimum atomic E-state index is -4.16. The summed E-state index contributed by atoms with van der Waals surface area (Å²) in [5, 5.41) is 3.76. The lowest BCUT2D eigenvalue weighted by atomic mass is 10.1. The van der Waals surface area contributed by atoms with Gasteiger partial charge in [-0.3, -0.25) is 13.9 Å². The molecular weight excluding hydrogens is 557 g/mol. The van der Waals surface area contributed by atoms with Gasteiger partial charge in [0.25, 0.3) is 10.0 Å². The predicted molar refractivity (Wildman–Crippen MR) is 157 cm³/mol. The molecule has 0 unspecified atom stereocenters. The number of nitrogens with zero attached hydrogens (tertiary/aromatic N) is 2. The molecule has 0 aliphatic heterocycles. The quantitative estimate of drug-likeness (QED) is 0.305. The number of hydrogen-bond acceptors (Lipinski definition) is 4. The van der Waals surface area contributed by atoms with E-state index in [9.17, 15) is 18.0 Å². The van der Waals surface area contributed by atoms with Crippen LogP contribution in [0.15, 0.2) is 77.7 Å². The lowest BCUT2D eigenvalue weighted by Crippen LogP contribution is -2.52. The predicted octanol–water partition coefficient (Wildman–Crippen LogP) is 5.83. The van der Waals surface area contributed by atoms with Crippen LogP contribution in [0.25, 0.3) is 0 Å². The molecule has 0 fully saturated rings. The highest BCUT2D eigenvalue weighted by molar-refractivity contribution is 7.92. The van der Waals surface area contributed by atoms with Gasteiger partial charge < -0.3 is 10.2 Å². The Balaban J connectivity index is 2.04. The largest absolute Gasteiger partial charge is 0.352 e. The zero-order chi connectivity index (χ0) is 28.7. The van der Waals surface area contributed by atoms with E-state index in [0.717, 1.165) is 16.3 Å². The van der Waals surface area contributed by atoms with Crippen molar-refractivity contribution < 1.29 is 18.0 Å². The van der Waals surface area contributed by atoms with E-state index in [0.29, 0.717) is 15.6 Å². The average molecular weight is 591 g/mol. The van der Waals surface area contributed by atoms with Crippen molar-refractivity contribution in [3.8, 4) is 0 Å². The Morgan fingerprint density at radius 2 is 1.64 bits per heavy atom. The number of nitrogens with one attached hydrogen (secondary N) is 1. The first-order valence-corrected chi connectivity index (χ1v) is 14.8. The summed E-state index contributed by atoms with van der Waals surface area (Å²) in [6, 6.07) is 18.7. The Labute approximate surface area is 240 Å². The molecule has 0 saturated heterocycles. The molecule has 2 atom stereocenters. The maximum atomic E-state index is 13.9. The Kier molecular flexibility index (Phi) is 10.4. The second-order valence-corrected chi connectivity index (χ2v) is 12.1. The summed E-state index contributed by atoms with van der Waals surface area (Å²) in [7, 11) is -4.16. The Morgan fingerprint density at radius 1 is 0.949 bits per heavy atom. The molecule has 39 heavy (non-hydrogen) atoms. The van der Waals surface area contributed by atoms with E-state index in [1.54, 1.807) is 68.4 Å². The van der Waals surface area contributed by atoms with Crippen LogP contribution < -0.4 is 9.62 Å². The third kappa shape index (κ3) is 7.75. The molecular formula is C29H33Cl2N3O4S.